The molecule has 0 aromatic heterocycles. The lowest BCUT2D eigenvalue weighted by atomic mass is 10.2. The number of nitriles is 1. The number of rotatable bonds is 1. The summed E-state index contributed by atoms with van der Waals surface area (Å²) in [5, 5.41) is 8.13. The molecule has 0 aliphatic rings. The van der Waals surface area contributed by atoms with Crippen LogP contribution in [0.15, 0.2) is 11.8 Å². The molecule has 0 aliphatic carbocycles. The number of nitrogens with zero attached hydrogens (tertiary/aromatic N) is 1. The highest BCUT2D eigenvalue weighted by Gasteiger charge is 1.82. The predicted molar refractivity (Wildman–Crippen MR) is 28.2 cm³/mol. The van der Waals surface area contributed by atoms with Gasteiger partial charge in [0.1, 0.15) is 0 Å². The number of hydrogen-bond donors (Lipinski definition) is 1. The minimum atomic E-state index is 0.639. The molecule has 0 radical (unpaired) electrons. The van der Waals surface area contributed by atoms with Crippen LogP contribution in [0.1, 0.15) is 13.3 Å². The van der Waals surface area contributed by atoms with Gasteiger partial charge in [0.25, 0.3) is 0 Å². The standard InChI is InChI=1S/C5H8N2/c1-2-5(3-6)4-7/h3H,2,6H2,1H3/b5-3-. The van der Waals surface area contributed by atoms with Crippen molar-refractivity contribution in [3.8, 4) is 6.07 Å². The van der Waals surface area contributed by atoms with Gasteiger partial charge in [-0.1, -0.05) is 6.92 Å². The van der Waals surface area contributed by atoms with E-state index in [0.717, 1.165) is 6.42 Å². The number of hydrogen-bond acceptors (Lipinski definition) is 2. The van der Waals surface area contributed by atoms with Gasteiger partial charge in [0, 0.05) is 11.8 Å². The van der Waals surface area contributed by atoms with Crippen LogP contribution in [-0.4, -0.2) is 0 Å². The second kappa shape index (κ2) is 3.23. The Morgan fingerprint density at radius 2 is 2.57 bits per heavy atom. The summed E-state index contributed by atoms with van der Waals surface area (Å²) in [7, 11) is 0. The van der Waals surface area contributed by atoms with Crippen molar-refractivity contribution in [1.82, 2.24) is 0 Å². The average molecular weight is 96.1 g/mol. The maximum atomic E-state index is 8.13. The van der Waals surface area contributed by atoms with Crippen molar-refractivity contribution in [3.05, 3.63) is 11.8 Å². The summed E-state index contributed by atoms with van der Waals surface area (Å²) in [6.07, 6.45) is 2.06. The van der Waals surface area contributed by atoms with Crippen molar-refractivity contribution < 1.29 is 0 Å². The molecular formula is C5H8N2. The minimum Gasteiger partial charge on any atom is -0.404 e. The lowest BCUT2D eigenvalue weighted by molar-refractivity contribution is 1.14. The Kier molecular flexibility index (Phi) is 2.78. The van der Waals surface area contributed by atoms with Crippen molar-refractivity contribution in [2.45, 2.75) is 13.3 Å². The predicted octanol–water partition coefficient (Wildman–Crippen LogP) is 0.763. The molecule has 7 heavy (non-hydrogen) atoms. The third kappa shape index (κ3) is 1.83. The summed E-state index contributed by atoms with van der Waals surface area (Å²) in [5.41, 5.74) is 5.65. The van der Waals surface area contributed by atoms with Crippen LogP contribution in [0.25, 0.3) is 0 Å². The summed E-state index contributed by atoms with van der Waals surface area (Å²) in [6, 6.07) is 1.94. The van der Waals surface area contributed by atoms with E-state index < -0.39 is 0 Å². The van der Waals surface area contributed by atoms with Gasteiger partial charge < -0.3 is 5.73 Å². The highest BCUT2D eigenvalue weighted by atomic mass is 14.5. The van der Waals surface area contributed by atoms with E-state index in [1.807, 2.05) is 13.0 Å². The molecule has 0 amide bonds. The molecule has 0 unspecified atom stereocenters. The van der Waals surface area contributed by atoms with Crippen LogP contribution in [0, 0.1) is 11.3 Å². The highest BCUT2D eigenvalue weighted by Crippen LogP contribution is 1.92. The van der Waals surface area contributed by atoms with Gasteiger partial charge in [0.2, 0.25) is 0 Å². The first-order valence-corrected chi connectivity index (χ1v) is 2.16. The Morgan fingerprint density at radius 3 is 2.57 bits per heavy atom. The maximum absolute atomic E-state index is 8.13. The third-order valence-corrected chi connectivity index (χ3v) is 0.726. The van der Waals surface area contributed by atoms with Gasteiger partial charge in [-0.3, -0.25) is 0 Å². The average Bonchev–Trinajstić information content (AvgIpc) is 1.72. The van der Waals surface area contributed by atoms with Gasteiger partial charge in [0.15, 0.2) is 0 Å². The smallest absolute Gasteiger partial charge is 0.0962 e. The fourth-order valence-electron chi connectivity index (χ4n) is 0.234. The lowest BCUT2D eigenvalue weighted by Crippen LogP contribution is -1.82. The van der Waals surface area contributed by atoms with Gasteiger partial charge in [-0.15, -0.1) is 0 Å². The quantitative estimate of drug-likeness (QED) is 0.490. The first-order valence-electron chi connectivity index (χ1n) is 2.16. The molecule has 2 heteroatoms. The zero-order valence-corrected chi connectivity index (χ0v) is 4.31. The van der Waals surface area contributed by atoms with Gasteiger partial charge in [-0.25, -0.2) is 0 Å². The second-order valence-electron chi connectivity index (χ2n) is 1.16. The Labute approximate surface area is 43.2 Å². The van der Waals surface area contributed by atoms with Crippen LogP contribution in [0.5, 0.6) is 0 Å². The molecular weight excluding hydrogens is 88.1 g/mol. The molecule has 0 aromatic carbocycles. The first kappa shape index (κ1) is 6.03. The van der Waals surface area contributed by atoms with E-state index in [4.69, 9.17) is 11.0 Å². The maximum Gasteiger partial charge on any atom is 0.0962 e. The minimum absolute atomic E-state index is 0.639. The first-order chi connectivity index (χ1) is 3.35. The monoisotopic (exact) mass is 96.1 g/mol. The summed E-state index contributed by atoms with van der Waals surface area (Å²) in [5.74, 6) is 0. The SMILES string of the molecule is CC/C(C#N)=C/N. The summed E-state index contributed by atoms with van der Waals surface area (Å²) < 4.78 is 0. The molecule has 2 N–H and O–H groups in total. The van der Waals surface area contributed by atoms with Crippen LogP contribution < -0.4 is 5.73 Å². The molecule has 0 heterocycles. The van der Waals surface area contributed by atoms with Crippen molar-refractivity contribution >= 4 is 0 Å². The van der Waals surface area contributed by atoms with E-state index in [2.05, 4.69) is 0 Å². The van der Waals surface area contributed by atoms with Crippen LogP contribution >= 0.6 is 0 Å². The van der Waals surface area contributed by atoms with E-state index in [1.165, 1.54) is 6.20 Å². The van der Waals surface area contributed by atoms with Gasteiger partial charge in [-0.05, 0) is 6.42 Å². The molecule has 0 fully saturated rings. The summed E-state index contributed by atoms with van der Waals surface area (Å²) in [6.45, 7) is 1.89. The Bertz CT molecular complexity index is 108. The molecule has 38 valence electrons. The Morgan fingerprint density at radius 1 is 2.00 bits per heavy atom. The largest absolute Gasteiger partial charge is 0.404 e. The number of nitrogens with two attached hydrogens (primary N) is 1. The van der Waals surface area contributed by atoms with Gasteiger partial charge >= 0.3 is 0 Å². The lowest BCUT2D eigenvalue weighted by Gasteiger charge is -1.81. The summed E-state index contributed by atoms with van der Waals surface area (Å²) >= 11 is 0. The van der Waals surface area contributed by atoms with E-state index in [9.17, 15) is 0 Å². The third-order valence-electron chi connectivity index (χ3n) is 0.726. The van der Waals surface area contributed by atoms with E-state index in [0.29, 0.717) is 5.57 Å². The normalized spacial score (nSPS) is 10.6. The fourth-order valence-corrected chi connectivity index (χ4v) is 0.234. The zero-order valence-electron chi connectivity index (χ0n) is 4.31. The van der Waals surface area contributed by atoms with E-state index >= 15 is 0 Å². The molecule has 2 nitrogen and oxygen atoms in total. The van der Waals surface area contributed by atoms with Crippen LogP contribution in [-0.2, 0) is 0 Å². The topological polar surface area (TPSA) is 49.8 Å². The van der Waals surface area contributed by atoms with E-state index in [-0.39, 0.29) is 0 Å². The fraction of sp³-hybridized carbons (Fsp3) is 0.400. The van der Waals surface area contributed by atoms with Crippen molar-refractivity contribution in [3.63, 3.8) is 0 Å². The number of allylic oxidation sites excluding steroid dienone is 1. The Balaban J connectivity index is 3.68. The van der Waals surface area contributed by atoms with Crippen LogP contribution in [0.3, 0.4) is 0 Å². The van der Waals surface area contributed by atoms with Crippen molar-refractivity contribution in [1.29, 1.82) is 5.26 Å². The van der Waals surface area contributed by atoms with Crippen molar-refractivity contribution in [2.24, 2.45) is 5.73 Å². The Hall–Kier alpha value is -0.970. The molecule has 0 rings (SSSR count). The molecule has 0 aliphatic heterocycles. The second-order valence-corrected chi connectivity index (χ2v) is 1.16. The molecule has 0 aromatic rings. The molecule has 0 spiro atoms. The highest BCUT2D eigenvalue weighted by molar-refractivity contribution is 5.17. The molecule has 0 saturated carbocycles. The van der Waals surface area contributed by atoms with Crippen LogP contribution in [0.4, 0.5) is 0 Å². The molecule has 0 atom stereocenters. The van der Waals surface area contributed by atoms with Crippen LogP contribution in [0.2, 0.25) is 0 Å². The van der Waals surface area contributed by atoms with E-state index in [1.54, 1.807) is 0 Å². The zero-order chi connectivity index (χ0) is 5.70. The van der Waals surface area contributed by atoms with Gasteiger partial charge in [0.05, 0.1) is 6.07 Å². The van der Waals surface area contributed by atoms with Crippen molar-refractivity contribution in [2.75, 3.05) is 0 Å². The molecule has 0 saturated heterocycles. The molecule has 0 bridgehead atoms. The van der Waals surface area contributed by atoms with Gasteiger partial charge in [-0.2, -0.15) is 5.26 Å². The summed E-state index contributed by atoms with van der Waals surface area (Å²) in [4.78, 5) is 0.